The largest absolute Gasteiger partial charge is 0.493 e. The van der Waals surface area contributed by atoms with Crippen molar-refractivity contribution in [1.29, 1.82) is 0 Å². The Morgan fingerprint density at radius 1 is 1.23 bits per heavy atom. The Morgan fingerprint density at radius 2 is 1.92 bits per heavy atom. The van der Waals surface area contributed by atoms with Gasteiger partial charge in [-0.1, -0.05) is 0 Å². The second-order valence-electron chi connectivity index (χ2n) is 5.63. The van der Waals surface area contributed by atoms with Crippen LogP contribution in [-0.4, -0.2) is 49.6 Å². The molecule has 0 radical (unpaired) electrons. The maximum absolute atomic E-state index is 12.5. The number of amides is 1. The Balaban J connectivity index is 2.06. The van der Waals surface area contributed by atoms with Gasteiger partial charge in [-0.2, -0.15) is 13.2 Å². The lowest BCUT2D eigenvalue weighted by molar-refractivity contribution is -0.165. The summed E-state index contributed by atoms with van der Waals surface area (Å²) in [6.07, 6.45) is -2.34. The predicted molar refractivity (Wildman–Crippen MR) is 88.1 cm³/mol. The van der Waals surface area contributed by atoms with Crippen molar-refractivity contribution in [2.24, 2.45) is 0 Å². The molecule has 1 aliphatic rings. The molecule has 1 aliphatic heterocycles. The van der Waals surface area contributed by atoms with Crippen LogP contribution in [0, 0.1) is 0 Å². The third kappa shape index (κ3) is 4.68. The number of benzene rings is 1. The van der Waals surface area contributed by atoms with Gasteiger partial charge >= 0.3 is 6.18 Å². The molecule has 1 fully saturated rings. The van der Waals surface area contributed by atoms with Gasteiger partial charge in [0.1, 0.15) is 6.04 Å². The number of ether oxygens (including phenoxy) is 2. The third-order valence-electron chi connectivity index (χ3n) is 3.94. The van der Waals surface area contributed by atoms with Gasteiger partial charge in [0.25, 0.3) is 5.78 Å². The van der Waals surface area contributed by atoms with Crippen LogP contribution in [0.5, 0.6) is 11.5 Å². The van der Waals surface area contributed by atoms with E-state index in [1.165, 1.54) is 19.1 Å². The second kappa shape index (κ2) is 8.11. The standard InChI is InChI=1S/C17H19F3N2O4/c1-25-13-6-5-11(10-14(13)26-2)21-16(24)12-4-3-8-22(12)9-7-15(23)17(18,19)20/h5-7,9-10,12H,3-4,8H2,1-2H3,(H,21,24)/b9-7+/t12-/m1/s1. The van der Waals surface area contributed by atoms with Crippen LogP contribution in [0.4, 0.5) is 18.9 Å². The first-order valence-electron chi connectivity index (χ1n) is 7.84. The quantitative estimate of drug-likeness (QED) is 0.778. The number of alkyl halides is 3. The highest BCUT2D eigenvalue weighted by Crippen LogP contribution is 2.30. The second-order valence-corrected chi connectivity index (χ2v) is 5.63. The highest BCUT2D eigenvalue weighted by molar-refractivity contribution is 5.96. The number of carbonyl (C=O) groups is 2. The minimum Gasteiger partial charge on any atom is -0.493 e. The van der Waals surface area contributed by atoms with E-state index in [-0.39, 0.29) is 5.91 Å². The number of likely N-dealkylation sites (tertiary alicyclic amines) is 1. The van der Waals surface area contributed by atoms with Gasteiger partial charge in [-0.3, -0.25) is 9.59 Å². The number of nitrogens with one attached hydrogen (secondary N) is 1. The zero-order chi connectivity index (χ0) is 19.3. The van der Waals surface area contributed by atoms with E-state index >= 15 is 0 Å². The van der Waals surface area contributed by atoms with E-state index in [4.69, 9.17) is 9.47 Å². The van der Waals surface area contributed by atoms with Crippen LogP contribution < -0.4 is 14.8 Å². The maximum Gasteiger partial charge on any atom is 0.454 e. The zero-order valence-electron chi connectivity index (χ0n) is 14.3. The summed E-state index contributed by atoms with van der Waals surface area (Å²) in [7, 11) is 2.95. The third-order valence-corrected chi connectivity index (χ3v) is 3.94. The van der Waals surface area contributed by atoms with E-state index in [0.29, 0.717) is 42.6 Å². The Kier molecular flexibility index (Phi) is 6.12. The molecule has 0 unspecified atom stereocenters. The zero-order valence-corrected chi connectivity index (χ0v) is 14.3. The molecule has 0 saturated carbocycles. The lowest BCUT2D eigenvalue weighted by atomic mass is 10.2. The fraction of sp³-hybridized carbons (Fsp3) is 0.412. The van der Waals surface area contributed by atoms with Crippen LogP contribution >= 0.6 is 0 Å². The fourth-order valence-electron chi connectivity index (χ4n) is 2.65. The summed E-state index contributed by atoms with van der Waals surface area (Å²) in [5, 5.41) is 2.70. The average Bonchev–Trinajstić information content (AvgIpc) is 3.07. The molecule has 1 aromatic carbocycles. The summed E-state index contributed by atoms with van der Waals surface area (Å²) < 4.78 is 47.1. The summed E-state index contributed by atoms with van der Waals surface area (Å²) >= 11 is 0. The molecule has 1 N–H and O–H groups in total. The Labute approximate surface area is 148 Å². The molecular weight excluding hydrogens is 353 g/mol. The molecule has 0 aliphatic carbocycles. The molecule has 1 atom stereocenters. The van der Waals surface area contributed by atoms with Crippen molar-refractivity contribution < 1.29 is 32.2 Å². The fourth-order valence-corrected chi connectivity index (χ4v) is 2.65. The van der Waals surface area contributed by atoms with Crippen molar-refractivity contribution in [2.45, 2.75) is 25.1 Å². The molecule has 0 bridgehead atoms. The molecule has 1 aromatic rings. The van der Waals surface area contributed by atoms with Gasteiger partial charge < -0.3 is 19.7 Å². The van der Waals surface area contributed by atoms with Gasteiger partial charge in [-0.15, -0.1) is 0 Å². The molecule has 2 rings (SSSR count). The highest BCUT2D eigenvalue weighted by Gasteiger charge is 2.37. The summed E-state index contributed by atoms with van der Waals surface area (Å²) in [6, 6.07) is 4.18. The van der Waals surface area contributed by atoms with Crippen molar-refractivity contribution in [3.63, 3.8) is 0 Å². The topological polar surface area (TPSA) is 67.9 Å². The Bertz CT molecular complexity index is 704. The van der Waals surface area contributed by atoms with Gasteiger partial charge in [0.2, 0.25) is 5.91 Å². The number of halogens is 3. The number of hydrogen-bond donors (Lipinski definition) is 1. The first kappa shape index (κ1) is 19.6. The predicted octanol–water partition coefficient (Wildman–Crippen LogP) is 2.75. The summed E-state index contributed by atoms with van der Waals surface area (Å²) in [6.45, 7) is 0.395. The SMILES string of the molecule is COc1ccc(NC(=O)[C@H]2CCCN2/C=C/C(=O)C(F)(F)F)cc1OC. The minimum atomic E-state index is -4.92. The molecule has 142 valence electrons. The average molecular weight is 372 g/mol. The maximum atomic E-state index is 12.5. The number of carbonyl (C=O) groups excluding carboxylic acids is 2. The molecular formula is C17H19F3N2O4. The molecule has 6 nitrogen and oxygen atoms in total. The molecule has 0 aromatic heterocycles. The van der Waals surface area contributed by atoms with Crippen molar-refractivity contribution in [3.8, 4) is 11.5 Å². The highest BCUT2D eigenvalue weighted by atomic mass is 19.4. The first-order chi connectivity index (χ1) is 12.3. The molecule has 1 heterocycles. The summed E-state index contributed by atoms with van der Waals surface area (Å²) in [5.41, 5.74) is 0.467. The molecule has 26 heavy (non-hydrogen) atoms. The monoisotopic (exact) mass is 372 g/mol. The number of allylic oxidation sites excluding steroid dienone is 1. The summed E-state index contributed by atoms with van der Waals surface area (Å²) in [4.78, 5) is 24.8. The summed E-state index contributed by atoms with van der Waals surface area (Å²) in [5.74, 6) is -1.40. The van der Waals surface area contributed by atoms with E-state index in [9.17, 15) is 22.8 Å². The van der Waals surface area contributed by atoms with Crippen LogP contribution in [0.3, 0.4) is 0 Å². The van der Waals surface area contributed by atoms with Crippen molar-refractivity contribution in [1.82, 2.24) is 4.90 Å². The number of ketones is 1. The number of rotatable bonds is 6. The lowest BCUT2D eigenvalue weighted by Gasteiger charge is -2.22. The lowest BCUT2D eigenvalue weighted by Crippen LogP contribution is -2.36. The van der Waals surface area contributed by atoms with Crippen LogP contribution in [0.1, 0.15) is 12.8 Å². The van der Waals surface area contributed by atoms with Crippen molar-refractivity contribution >= 4 is 17.4 Å². The van der Waals surface area contributed by atoms with Gasteiger partial charge in [0.05, 0.1) is 14.2 Å². The first-order valence-corrected chi connectivity index (χ1v) is 7.84. The van der Waals surface area contributed by atoms with Crippen LogP contribution in [0.25, 0.3) is 0 Å². The number of methoxy groups -OCH3 is 2. The van der Waals surface area contributed by atoms with Gasteiger partial charge in [0, 0.05) is 30.6 Å². The van der Waals surface area contributed by atoms with Gasteiger partial charge in [-0.05, 0) is 25.0 Å². The molecule has 0 spiro atoms. The normalized spacial score (nSPS) is 17.4. The molecule has 9 heteroatoms. The number of hydrogen-bond acceptors (Lipinski definition) is 5. The molecule has 1 amide bonds. The van der Waals surface area contributed by atoms with Crippen LogP contribution in [-0.2, 0) is 9.59 Å². The van der Waals surface area contributed by atoms with Gasteiger partial charge in [0.15, 0.2) is 11.5 Å². The molecule has 1 saturated heterocycles. The van der Waals surface area contributed by atoms with E-state index in [2.05, 4.69) is 5.32 Å². The Hall–Kier alpha value is -2.71. The van der Waals surface area contributed by atoms with Crippen LogP contribution in [0.2, 0.25) is 0 Å². The Morgan fingerprint density at radius 3 is 2.54 bits per heavy atom. The van der Waals surface area contributed by atoms with E-state index in [1.54, 1.807) is 18.2 Å². The van der Waals surface area contributed by atoms with Crippen molar-refractivity contribution in [2.75, 3.05) is 26.1 Å². The number of anilines is 1. The van der Waals surface area contributed by atoms with E-state index < -0.39 is 18.0 Å². The number of nitrogens with zero attached hydrogens (tertiary/aromatic N) is 1. The van der Waals surface area contributed by atoms with E-state index in [1.807, 2.05) is 0 Å². The smallest absolute Gasteiger partial charge is 0.454 e. The van der Waals surface area contributed by atoms with E-state index in [0.717, 1.165) is 6.20 Å². The van der Waals surface area contributed by atoms with Gasteiger partial charge in [-0.25, -0.2) is 0 Å². The van der Waals surface area contributed by atoms with Crippen LogP contribution in [0.15, 0.2) is 30.5 Å². The minimum absolute atomic E-state index is 0.376. The van der Waals surface area contributed by atoms with Crippen molar-refractivity contribution in [3.05, 3.63) is 30.5 Å².